The molecule has 0 aliphatic carbocycles. The van der Waals surface area contributed by atoms with Crippen molar-refractivity contribution in [1.29, 1.82) is 5.26 Å². The standard InChI is InChI=1S/C11H14N4/c1-11(2,13)10-14-8(7-12)9-5-3-4-6-15(9)10/h3-6,10,14H,13H2,1-2H3. The number of rotatable bonds is 1. The highest BCUT2D eigenvalue weighted by Gasteiger charge is 2.37. The number of nitrogens with one attached hydrogen (secondary N) is 1. The Morgan fingerprint density at radius 3 is 2.87 bits per heavy atom. The molecule has 0 saturated carbocycles. The van der Waals surface area contributed by atoms with Crippen molar-refractivity contribution < 1.29 is 0 Å². The van der Waals surface area contributed by atoms with Crippen molar-refractivity contribution in [2.75, 3.05) is 0 Å². The van der Waals surface area contributed by atoms with Crippen LogP contribution in [0.15, 0.2) is 35.8 Å². The van der Waals surface area contributed by atoms with E-state index in [2.05, 4.69) is 11.4 Å². The molecule has 2 aliphatic rings. The van der Waals surface area contributed by atoms with E-state index in [1.807, 2.05) is 43.2 Å². The summed E-state index contributed by atoms with van der Waals surface area (Å²) < 4.78 is 0. The second kappa shape index (κ2) is 3.14. The number of fused-ring (bicyclic) bond motifs is 1. The summed E-state index contributed by atoms with van der Waals surface area (Å²) in [5.74, 6) is 0. The molecule has 4 nitrogen and oxygen atoms in total. The van der Waals surface area contributed by atoms with Gasteiger partial charge in [0.05, 0.1) is 5.70 Å². The Hall–Kier alpha value is -1.73. The van der Waals surface area contributed by atoms with Crippen LogP contribution in [0.3, 0.4) is 0 Å². The molecule has 2 rings (SSSR count). The number of nitrogens with two attached hydrogens (primary N) is 1. The summed E-state index contributed by atoms with van der Waals surface area (Å²) >= 11 is 0. The minimum Gasteiger partial charge on any atom is -0.353 e. The predicted octanol–water partition coefficient (Wildman–Crippen LogP) is 0.774. The molecule has 4 heteroatoms. The van der Waals surface area contributed by atoms with E-state index in [9.17, 15) is 0 Å². The fraction of sp³-hybridized carbons (Fsp3) is 0.364. The molecule has 2 aliphatic heterocycles. The minimum atomic E-state index is -0.417. The van der Waals surface area contributed by atoms with Crippen molar-refractivity contribution in [2.24, 2.45) is 5.73 Å². The van der Waals surface area contributed by atoms with Crippen molar-refractivity contribution in [3.8, 4) is 6.07 Å². The first-order chi connectivity index (χ1) is 7.04. The van der Waals surface area contributed by atoms with Crippen LogP contribution in [0.5, 0.6) is 0 Å². The van der Waals surface area contributed by atoms with Gasteiger partial charge in [-0.05, 0) is 26.0 Å². The summed E-state index contributed by atoms with van der Waals surface area (Å²) in [7, 11) is 0. The zero-order chi connectivity index (χ0) is 11.1. The molecule has 0 bridgehead atoms. The summed E-state index contributed by atoms with van der Waals surface area (Å²) in [6, 6.07) is 2.15. The van der Waals surface area contributed by atoms with Gasteiger partial charge in [0.15, 0.2) is 0 Å². The number of nitrogens with zero attached hydrogens (tertiary/aromatic N) is 2. The van der Waals surface area contributed by atoms with Gasteiger partial charge in [-0.1, -0.05) is 6.08 Å². The van der Waals surface area contributed by atoms with Gasteiger partial charge in [-0.2, -0.15) is 5.26 Å². The predicted molar refractivity (Wildman–Crippen MR) is 57.9 cm³/mol. The van der Waals surface area contributed by atoms with Gasteiger partial charge in [-0.15, -0.1) is 0 Å². The third-order valence-electron chi connectivity index (χ3n) is 2.52. The minimum absolute atomic E-state index is 0.0663. The Balaban J connectivity index is 2.38. The Bertz CT molecular complexity index is 403. The van der Waals surface area contributed by atoms with Gasteiger partial charge in [0.2, 0.25) is 0 Å². The molecular formula is C11H14N4. The lowest BCUT2D eigenvalue weighted by Crippen LogP contribution is -2.56. The van der Waals surface area contributed by atoms with Gasteiger partial charge < -0.3 is 16.0 Å². The van der Waals surface area contributed by atoms with Gasteiger partial charge in [-0.25, -0.2) is 0 Å². The van der Waals surface area contributed by atoms with Crippen molar-refractivity contribution in [1.82, 2.24) is 10.2 Å². The molecule has 0 fully saturated rings. The normalized spacial score (nSPS) is 23.9. The van der Waals surface area contributed by atoms with E-state index < -0.39 is 5.54 Å². The molecule has 0 saturated heterocycles. The van der Waals surface area contributed by atoms with E-state index in [1.54, 1.807) is 0 Å². The van der Waals surface area contributed by atoms with Crippen LogP contribution in [0, 0.1) is 11.3 Å². The Kier molecular flexibility index (Phi) is 2.06. The van der Waals surface area contributed by atoms with Crippen LogP contribution < -0.4 is 11.1 Å². The average Bonchev–Trinajstić information content (AvgIpc) is 2.55. The molecule has 0 radical (unpaired) electrons. The van der Waals surface area contributed by atoms with Crippen LogP contribution in [0.2, 0.25) is 0 Å². The Morgan fingerprint density at radius 2 is 2.27 bits per heavy atom. The molecule has 0 aromatic carbocycles. The lowest BCUT2D eigenvalue weighted by atomic mass is 10.0. The van der Waals surface area contributed by atoms with E-state index >= 15 is 0 Å². The van der Waals surface area contributed by atoms with Crippen LogP contribution >= 0.6 is 0 Å². The quantitative estimate of drug-likeness (QED) is 0.659. The summed E-state index contributed by atoms with van der Waals surface area (Å²) in [6.45, 7) is 3.88. The summed E-state index contributed by atoms with van der Waals surface area (Å²) in [5.41, 5.74) is 7.12. The number of nitriles is 1. The number of hydrogen-bond acceptors (Lipinski definition) is 4. The first kappa shape index (κ1) is 9.81. The SMILES string of the molecule is CC(C)(N)C1NC(C#N)=C2C=CC=CN21. The molecule has 2 heterocycles. The molecule has 78 valence electrons. The first-order valence-corrected chi connectivity index (χ1v) is 4.87. The highest BCUT2D eigenvalue weighted by atomic mass is 15.3. The molecule has 0 amide bonds. The third-order valence-corrected chi connectivity index (χ3v) is 2.52. The average molecular weight is 202 g/mol. The fourth-order valence-corrected chi connectivity index (χ4v) is 1.81. The maximum absolute atomic E-state index is 8.99. The first-order valence-electron chi connectivity index (χ1n) is 4.87. The highest BCUT2D eigenvalue weighted by Crippen LogP contribution is 2.28. The maximum Gasteiger partial charge on any atom is 0.139 e. The van der Waals surface area contributed by atoms with Crippen LogP contribution in [0.4, 0.5) is 0 Å². The highest BCUT2D eigenvalue weighted by molar-refractivity contribution is 5.42. The maximum atomic E-state index is 8.99. The molecule has 0 aromatic heterocycles. The van der Waals surface area contributed by atoms with Crippen molar-refractivity contribution in [3.05, 3.63) is 35.8 Å². The topological polar surface area (TPSA) is 65.1 Å². The second-order valence-electron chi connectivity index (χ2n) is 4.35. The Morgan fingerprint density at radius 1 is 1.53 bits per heavy atom. The van der Waals surface area contributed by atoms with E-state index in [0.717, 1.165) is 5.70 Å². The molecule has 15 heavy (non-hydrogen) atoms. The lowest BCUT2D eigenvalue weighted by molar-refractivity contribution is 0.235. The molecule has 1 unspecified atom stereocenters. The second-order valence-corrected chi connectivity index (χ2v) is 4.35. The van der Waals surface area contributed by atoms with Crippen molar-refractivity contribution >= 4 is 0 Å². The van der Waals surface area contributed by atoms with Gasteiger partial charge >= 0.3 is 0 Å². The zero-order valence-electron chi connectivity index (χ0n) is 8.86. The van der Waals surface area contributed by atoms with Crippen molar-refractivity contribution in [2.45, 2.75) is 25.6 Å². The van der Waals surface area contributed by atoms with E-state index in [4.69, 9.17) is 11.0 Å². The largest absolute Gasteiger partial charge is 0.353 e. The Labute approximate surface area is 89.4 Å². The summed E-state index contributed by atoms with van der Waals surface area (Å²) in [6.07, 6.45) is 7.63. The molecule has 0 spiro atoms. The smallest absolute Gasteiger partial charge is 0.139 e. The van der Waals surface area contributed by atoms with Crippen LogP contribution in [-0.4, -0.2) is 16.6 Å². The van der Waals surface area contributed by atoms with Gasteiger partial charge in [0, 0.05) is 11.7 Å². The third kappa shape index (κ3) is 1.51. The van der Waals surface area contributed by atoms with E-state index in [0.29, 0.717) is 5.70 Å². The van der Waals surface area contributed by atoms with Gasteiger partial charge in [0.1, 0.15) is 17.9 Å². The van der Waals surface area contributed by atoms with Gasteiger partial charge in [-0.3, -0.25) is 0 Å². The zero-order valence-corrected chi connectivity index (χ0v) is 8.86. The molecular weight excluding hydrogens is 188 g/mol. The van der Waals surface area contributed by atoms with E-state index in [1.165, 1.54) is 0 Å². The lowest BCUT2D eigenvalue weighted by Gasteiger charge is -2.35. The van der Waals surface area contributed by atoms with Crippen LogP contribution in [0.25, 0.3) is 0 Å². The summed E-state index contributed by atoms with van der Waals surface area (Å²) in [5, 5.41) is 12.1. The molecule has 0 aromatic rings. The van der Waals surface area contributed by atoms with Crippen LogP contribution in [0.1, 0.15) is 13.8 Å². The summed E-state index contributed by atoms with van der Waals surface area (Å²) in [4.78, 5) is 2.00. The van der Waals surface area contributed by atoms with Crippen LogP contribution in [-0.2, 0) is 0 Å². The fourth-order valence-electron chi connectivity index (χ4n) is 1.81. The number of hydrogen-bond donors (Lipinski definition) is 2. The monoisotopic (exact) mass is 202 g/mol. The van der Waals surface area contributed by atoms with E-state index in [-0.39, 0.29) is 6.17 Å². The molecule has 1 atom stereocenters. The van der Waals surface area contributed by atoms with Gasteiger partial charge in [0.25, 0.3) is 0 Å². The van der Waals surface area contributed by atoms with Crippen molar-refractivity contribution in [3.63, 3.8) is 0 Å². The number of allylic oxidation sites excluding steroid dienone is 4. The molecule has 3 N–H and O–H groups in total.